The molecule has 1 aliphatic heterocycles. The SMILES string of the molecule is CC(C)N(CCO)C(=O)c1nc2c(s1)CCOc1cc(C(C=N)C=N)ccc1-2. The van der Waals surface area contributed by atoms with Crippen LogP contribution in [0.5, 0.6) is 5.75 Å². The molecule has 148 valence electrons. The number of aromatic nitrogens is 1. The molecular weight excluding hydrogens is 376 g/mol. The summed E-state index contributed by atoms with van der Waals surface area (Å²) >= 11 is 1.38. The van der Waals surface area contributed by atoms with E-state index in [-0.39, 0.29) is 31.0 Å². The number of nitrogens with one attached hydrogen (secondary N) is 2. The van der Waals surface area contributed by atoms with Gasteiger partial charge in [-0.1, -0.05) is 6.07 Å². The first kappa shape index (κ1) is 20.2. The summed E-state index contributed by atoms with van der Waals surface area (Å²) in [5.41, 5.74) is 2.38. The lowest BCUT2D eigenvalue weighted by molar-refractivity contribution is 0.0665. The molecule has 0 saturated heterocycles. The predicted octanol–water partition coefficient (Wildman–Crippen LogP) is 2.97. The van der Waals surface area contributed by atoms with Crippen molar-refractivity contribution in [2.24, 2.45) is 0 Å². The standard InChI is InChI=1S/C20H24N4O3S/c1-12(2)24(6-7-25)20(26)19-23-18-15-4-3-13(14(10-21)11-22)9-16(15)27-8-5-17(18)28-19/h3-4,9-12,14,21-22,25H,5-8H2,1-2H3. The molecule has 1 aromatic heterocycles. The van der Waals surface area contributed by atoms with Crippen molar-refractivity contribution in [1.82, 2.24) is 9.88 Å². The third kappa shape index (κ3) is 3.83. The highest BCUT2D eigenvalue weighted by Crippen LogP contribution is 2.39. The fourth-order valence-electron chi connectivity index (χ4n) is 3.20. The fourth-order valence-corrected chi connectivity index (χ4v) is 4.22. The van der Waals surface area contributed by atoms with Crippen molar-refractivity contribution >= 4 is 29.7 Å². The normalized spacial score (nSPS) is 13.7. The van der Waals surface area contributed by atoms with Crippen LogP contribution in [0.25, 0.3) is 11.3 Å². The van der Waals surface area contributed by atoms with E-state index >= 15 is 0 Å². The Labute approximate surface area is 168 Å². The zero-order valence-corrected chi connectivity index (χ0v) is 16.8. The van der Waals surface area contributed by atoms with E-state index in [0.29, 0.717) is 23.8 Å². The summed E-state index contributed by atoms with van der Waals surface area (Å²) in [6.45, 7) is 4.50. The summed E-state index contributed by atoms with van der Waals surface area (Å²) in [5.74, 6) is 0.0986. The molecule has 2 heterocycles. The minimum atomic E-state index is -0.387. The first-order valence-corrected chi connectivity index (χ1v) is 10.0. The zero-order valence-electron chi connectivity index (χ0n) is 15.9. The van der Waals surface area contributed by atoms with Crippen LogP contribution in [0.2, 0.25) is 0 Å². The van der Waals surface area contributed by atoms with Crippen LogP contribution < -0.4 is 4.74 Å². The number of benzene rings is 1. The summed E-state index contributed by atoms with van der Waals surface area (Å²) in [5, 5.41) is 24.6. The summed E-state index contributed by atoms with van der Waals surface area (Å²) in [7, 11) is 0. The highest BCUT2D eigenvalue weighted by molar-refractivity contribution is 7.14. The second kappa shape index (κ2) is 8.62. The summed E-state index contributed by atoms with van der Waals surface area (Å²) in [6, 6.07) is 5.57. The van der Waals surface area contributed by atoms with Gasteiger partial charge in [0.1, 0.15) is 5.75 Å². The molecule has 1 amide bonds. The number of aliphatic hydroxyl groups excluding tert-OH is 1. The first-order chi connectivity index (χ1) is 13.5. The number of aliphatic hydroxyl groups is 1. The highest BCUT2D eigenvalue weighted by atomic mass is 32.1. The van der Waals surface area contributed by atoms with Gasteiger partial charge in [-0.3, -0.25) is 4.79 Å². The van der Waals surface area contributed by atoms with Crippen molar-refractivity contribution in [3.05, 3.63) is 33.6 Å². The molecule has 3 N–H and O–H groups in total. The molecule has 2 aromatic rings. The number of hydrogen-bond acceptors (Lipinski definition) is 7. The van der Waals surface area contributed by atoms with Gasteiger partial charge in [-0.25, -0.2) is 4.98 Å². The highest BCUT2D eigenvalue weighted by Gasteiger charge is 2.27. The van der Waals surface area contributed by atoms with Gasteiger partial charge < -0.3 is 25.6 Å². The van der Waals surface area contributed by atoms with E-state index < -0.39 is 0 Å². The van der Waals surface area contributed by atoms with Gasteiger partial charge in [0, 0.05) is 41.9 Å². The molecule has 1 aromatic carbocycles. The number of fused-ring (bicyclic) bond motifs is 3. The Morgan fingerprint density at radius 1 is 1.39 bits per heavy atom. The van der Waals surface area contributed by atoms with Crippen LogP contribution in [0.15, 0.2) is 18.2 Å². The quantitative estimate of drug-likeness (QED) is 0.621. The molecule has 0 atom stereocenters. The first-order valence-electron chi connectivity index (χ1n) is 9.20. The molecule has 28 heavy (non-hydrogen) atoms. The van der Waals surface area contributed by atoms with E-state index in [2.05, 4.69) is 4.98 Å². The second-order valence-electron chi connectivity index (χ2n) is 6.82. The van der Waals surface area contributed by atoms with Gasteiger partial charge in [0.15, 0.2) is 5.01 Å². The van der Waals surface area contributed by atoms with Gasteiger partial charge in [0.05, 0.1) is 24.8 Å². The monoisotopic (exact) mass is 400 g/mol. The number of thiazole rings is 1. The van der Waals surface area contributed by atoms with Gasteiger partial charge in [-0.05, 0) is 31.5 Å². The van der Waals surface area contributed by atoms with Crippen LogP contribution in [-0.4, -0.2) is 59.1 Å². The molecule has 0 spiro atoms. The lowest BCUT2D eigenvalue weighted by Gasteiger charge is -2.24. The van der Waals surface area contributed by atoms with Crippen LogP contribution >= 0.6 is 11.3 Å². The number of carbonyl (C=O) groups is 1. The van der Waals surface area contributed by atoms with Gasteiger partial charge >= 0.3 is 0 Å². The minimum absolute atomic E-state index is 0.0271. The Morgan fingerprint density at radius 2 is 2.14 bits per heavy atom. The molecule has 0 bridgehead atoms. The molecule has 0 unspecified atom stereocenters. The Bertz CT molecular complexity index is 886. The Morgan fingerprint density at radius 3 is 2.79 bits per heavy atom. The van der Waals surface area contributed by atoms with Gasteiger partial charge in [0.25, 0.3) is 5.91 Å². The fraction of sp³-hybridized carbons (Fsp3) is 0.400. The molecule has 1 aliphatic rings. The maximum atomic E-state index is 12.9. The molecule has 0 radical (unpaired) electrons. The maximum Gasteiger partial charge on any atom is 0.283 e. The lowest BCUT2D eigenvalue weighted by Crippen LogP contribution is -2.38. The van der Waals surface area contributed by atoms with Crippen molar-refractivity contribution in [3.8, 4) is 17.0 Å². The Kier molecular flexibility index (Phi) is 6.21. The third-order valence-electron chi connectivity index (χ3n) is 4.70. The van der Waals surface area contributed by atoms with Crippen LogP contribution in [0.3, 0.4) is 0 Å². The van der Waals surface area contributed by atoms with E-state index in [9.17, 15) is 9.90 Å². The van der Waals surface area contributed by atoms with E-state index in [1.54, 1.807) is 4.90 Å². The number of ether oxygens (including phenoxy) is 1. The number of carbonyl (C=O) groups excluding carboxylic acids is 1. The van der Waals surface area contributed by atoms with Crippen LogP contribution in [0.1, 0.15) is 40.0 Å². The van der Waals surface area contributed by atoms with E-state index in [0.717, 1.165) is 21.7 Å². The van der Waals surface area contributed by atoms with E-state index in [1.165, 1.54) is 23.8 Å². The Hall–Kier alpha value is -2.58. The summed E-state index contributed by atoms with van der Waals surface area (Å²) < 4.78 is 5.88. The molecule has 7 nitrogen and oxygen atoms in total. The smallest absolute Gasteiger partial charge is 0.283 e. The van der Waals surface area contributed by atoms with Crippen molar-refractivity contribution in [2.45, 2.75) is 32.2 Å². The Balaban J connectivity index is 2.00. The maximum absolute atomic E-state index is 12.9. The minimum Gasteiger partial charge on any atom is -0.492 e. The number of nitrogens with zero attached hydrogens (tertiary/aromatic N) is 2. The summed E-state index contributed by atoms with van der Waals surface area (Å²) in [4.78, 5) is 20.1. The number of hydrogen-bond donors (Lipinski definition) is 3. The van der Waals surface area contributed by atoms with E-state index in [4.69, 9.17) is 15.6 Å². The predicted molar refractivity (Wildman–Crippen MR) is 110 cm³/mol. The summed E-state index contributed by atoms with van der Waals surface area (Å²) in [6.07, 6.45) is 3.10. The third-order valence-corrected chi connectivity index (χ3v) is 5.80. The second-order valence-corrected chi connectivity index (χ2v) is 7.90. The van der Waals surface area contributed by atoms with Gasteiger partial charge in [-0.2, -0.15) is 0 Å². The van der Waals surface area contributed by atoms with Gasteiger partial charge in [-0.15, -0.1) is 11.3 Å². The van der Waals surface area contributed by atoms with Crippen LogP contribution in [0.4, 0.5) is 0 Å². The number of rotatable bonds is 7. The lowest BCUT2D eigenvalue weighted by atomic mass is 9.98. The van der Waals surface area contributed by atoms with Crippen molar-refractivity contribution in [1.29, 1.82) is 10.8 Å². The molecule has 0 fully saturated rings. The van der Waals surface area contributed by atoms with Crippen molar-refractivity contribution in [3.63, 3.8) is 0 Å². The molecule has 3 rings (SSSR count). The van der Waals surface area contributed by atoms with Crippen molar-refractivity contribution < 1.29 is 14.6 Å². The van der Waals surface area contributed by atoms with Crippen LogP contribution in [0, 0.1) is 10.8 Å². The molecule has 8 heteroatoms. The largest absolute Gasteiger partial charge is 0.492 e. The van der Waals surface area contributed by atoms with Gasteiger partial charge in [0.2, 0.25) is 0 Å². The molecular formula is C20H24N4O3S. The average molecular weight is 401 g/mol. The van der Waals surface area contributed by atoms with E-state index in [1.807, 2.05) is 32.0 Å². The average Bonchev–Trinajstić information content (AvgIpc) is 3.03. The van der Waals surface area contributed by atoms with Crippen molar-refractivity contribution in [2.75, 3.05) is 19.8 Å². The molecule has 0 aliphatic carbocycles. The topological polar surface area (TPSA) is 110 Å². The van der Waals surface area contributed by atoms with Crippen LogP contribution in [-0.2, 0) is 6.42 Å². The molecule has 0 saturated carbocycles. The zero-order chi connectivity index (χ0) is 20.3. The number of amides is 1.